The first-order valence-electron chi connectivity index (χ1n) is 7.24. The van der Waals surface area contributed by atoms with Crippen molar-refractivity contribution in [3.63, 3.8) is 0 Å². The Hall–Kier alpha value is -2.43. The zero-order chi connectivity index (χ0) is 16.3. The van der Waals surface area contributed by atoms with Crippen LogP contribution >= 0.6 is 0 Å². The number of nitrogens with one attached hydrogen (secondary N) is 2. The van der Waals surface area contributed by atoms with Gasteiger partial charge >= 0.3 is 0 Å². The second kappa shape index (κ2) is 6.13. The van der Waals surface area contributed by atoms with Crippen LogP contribution in [0, 0.1) is 13.8 Å². The van der Waals surface area contributed by atoms with Crippen LogP contribution in [0.5, 0.6) is 0 Å². The monoisotopic (exact) mass is 298 g/mol. The molecule has 1 aromatic carbocycles. The van der Waals surface area contributed by atoms with Gasteiger partial charge in [-0.1, -0.05) is 12.1 Å². The number of amides is 1. The van der Waals surface area contributed by atoms with Crippen molar-refractivity contribution in [1.82, 2.24) is 9.97 Å². The van der Waals surface area contributed by atoms with Crippen LogP contribution in [0.25, 0.3) is 0 Å². The van der Waals surface area contributed by atoms with E-state index in [0.29, 0.717) is 11.5 Å². The Kier molecular flexibility index (Phi) is 4.45. The van der Waals surface area contributed by atoms with Crippen LogP contribution in [0.3, 0.4) is 0 Å². The molecule has 5 heteroatoms. The number of carbonyl (C=O) groups is 1. The number of hydrogen-bond acceptors (Lipinski definition) is 4. The maximum absolute atomic E-state index is 12.2. The quantitative estimate of drug-likeness (QED) is 0.909. The Bertz CT molecular complexity index is 672. The third-order valence-electron chi connectivity index (χ3n) is 3.24. The fourth-order valence-corrected chi connectivity index (χ4v) is 1.97. The summed E-state index contributed by atoms with van der Waals surface area (Å²) in [5.74, 6) is 0.388. The average molecular weight is 298 g/mol. The lowest BCUT2D eigenvalue weighted by atomic mass is 10.1. The van der Waals surface area contributed by atoms with Gasteiger partial charge in [0.1, 0.15) is 11.5 Å². The number of hydrogen-bond donors (Lipinski definition) is 2. The van der Waals surface area contributed by atoms with E-state index in [0.717, 1.165) is 16.8 Å². The van der Waals surface area contributed by atoms with Gasteiger partial charge in [-0.05, 0) is 51.8 Å². The van der Waals surface area contributed by atoms with Crippen LogP contribution in [0.4, 0.5) is 11.5 Å². The van der Waals surface area contributed by atoms with Gasteiger partial charge in [0.2, 0.25) is 0 Å². The van der Waals surface area contributed by atoms with Gasteiger partial charge in [0.25, 0.3) is 5.91 Å². The lowest BCUT2D eigenvalue weighted by Crippen LogP contribution is -2.27. The minimum atomic E-state index is -0.261. The third-order valence-corrected chi connectivity index (χ3v) is 3.24. The maximum atomic E-state index is 12.2. The van der Waals surface area contributed by atoms with Gasteiger partial charge in [-0.2, -0.15) is 0 Å². The van der Waals surface area contributed by atoms with E-state index >= 15 is 0 Å². The summed E-state index contributed by atoms with van der Waals surface area (Å²) in [5, 5.41) is 6.08. The third kappa shape index (κ3) is 4.04. The van der Waals surface area contributed by atoms with Gasteiger partial charge < -0.3 is 10.6 Å². The standard InChI is InChI=1S/C17H22N4O/c1-11-7-6-8-13(12(11)2)20-16(22)14-9-19-15(10-18-14)21-17(3,4)5/h6-10H,1-5H3,(H,19,21)(H,20,22). The maximum Gasteiger partial charge on any atom is 0.275 e. The molecule has 116 valence electrons. The van der Waals surface area contributed by atoms with Crippen molar-refractivity contribution in [2.24, 2.45) is 0 Å². The van der Waals surface area contributed by atoms with Crippen LogP contribution in [-0.2, 0) is 0 Å². The van der Waals surface area contributed by atoms with E-state index in [-0.39, 0.29) is 11.4 Å². The first-order chi connectivity index (χ1) is 10.3. The van der Waals surface area contributed by atoms with Gasteiger partial charge in [-0.15, -0.1) is 0 Å². The zero-order valence-corrected chi connectivity index (χ0v) is 13.7. The van der Waals surface area contributed by atoms with E-state index in [2.05, 4.69) is 20.6 Å². The summed E-state index contributed by atoms with van der Waals surface area (Å²) in [6.07, 6.45) is 3.05. The molecule has 0 fully saturated rings. The topological polar surface area (TPSA) is 66.9 Å². The van der Waals surface area contributed by atoms with Gasteiger partial charge in [0.15, 0.2) is 0 Å². The van der Waals surface area contributed by atoms with Crippen molar-refractivity contribution in [1.29, 1.82) is 0 Å². The van der Waals surface area contributed by atoms with Gasteiger partial charge in [-0.25, -0.2) is 9.97 Å². The Morgan fingerprint density at radius 2 is 1.82 bits per heavy atom. The predicted molar refractivity (Wildman–Crippen MR) is 89.3 cm³/mol. The van der Waals surface area contributed by atoms with E-state index in [1.807, 2.05) is 52.8 Å². The van der Waals surface area contributed by atoms with E-state index in [4.69, 9.17) is 0 Å². The largest absolute Gasteiger partial charge is 0.364 e. The first-order valence-corrected chi connectivity index (χ1v) is 7.24. The van der Waals surface area contributed by atoms with Crippen molar-refractivity contribution >= 4 is 17.4 Å². The molecule has 22 heavy (non-hydrogen) atoms. The van der Waals surface area contributed by atoms with Crippen molar-refractivity contribution < 1.29 is 4.79 Å². The number of aryl methyl sites for hydroxylation is 1. The van der Waals surface area contributed by atoms with Crippen molar-refractivity contribution in [2.45, 2.75) is 40.2 Å². The highest BCUT2D eigenvalue weighted by molar-refractivity contribution is 6.03. The Morgan fingerprint density at radius 3 is 2.41 bits per heavy atom. The Morgan fingerprint density at radius 1 is 1.09 bits per heavy atom. The molecule has 1 amide bonds. The molecule has 1 heterocycles. The molecule has 0 aliphatic heterocycles. The highest BCUT2D eigenvalue weighted by Gasteiger charge is 2.13. The molecule has 1 aromatic heterocycles. The molecule has 0 bridgehead atoms. The smallest absolute Gasteiger partial charge is 0.275 e. The summed E-state index contributed by atoms with van der Waals surface area (Å²) in [6.45, 7) is 10.1. The molecule has 0 saturated carbocycles. The normalized spacial score (nSPS) is 11.1. The van der Waals surface area contributed by atoms with Crippen LogP contribution in [-0.4, -0.2) is 21.4 Å². The molecule has 0 spiro atoms. The minimum Gasteiger partial charge on any atom is -0.364 e. The lowest BCUT2D eigenvalue weighted by molar-refractivity contribution is 0.102. The molecule has 5 nitrogen and oxygen atoms in total. The van der Waals surface area contributed by atoms with Crippen molar-refractivity contribution in [2.75, 3.05) is 10.6 Å². The highest BCUT2D eigenvalue weighted by atomic mass is 16.1. The molecular weight excluding hydrogens is 276 g/mol. The second-order valence-corrected chi connectivity index (χ2v) is 6.36. The summed E-state index contributed by atoms with van der Waals surface area (Å²) in [5.41, 5.74) is 3.17. The minimum absolute atomic E-state index is 0.100. The molecule has 0 unspecified atom stereocenters. The molecule has 2 rings (SSSR count). The summed E-state index contributed by atoms with van der Waals surface area (Å²) < 4.78 is 0. The predicted octanol–water partition coefficient (Wildman–Crippen LogP) is 3.56. The fourth-order valence-electron chi connectivity index (χ4n) is 1.97. The van der Waals surface area contributed by atoms with E-state index < -0.39 is 0 Å². The van der Waals surface area contributed by atoms with Crippen LogP contribution in [0.15, 0.2) is 30.6 Å². The molecule has 0 radical (unpaired) electrons. The molecule has 0 aliphatic carbocycles. The van der Waals surface area contributed by atoms with Crippen LogP contribution in [0.1, 0.15) is 42.4 Å². The molecule has 2 N–H and O–H groups in total. The molecule has 0 aliphatic rings. The molecule has 0 atom stereocenters. The molecule has 0 saturated heterocycles. The Balaban J connectivity index is 2.12. The summed E-state index contributed by atoms with van der Waals surface area (Å²) in [4.78, 5) is 20.6. The lowest BCUT2D eigenvalue weighted by Gasteiger charge is -2.20. The number of carbonyl (C=O) groups excluding carboxylic acids is 1. The van der Waals surface area contributed by atoms with Crippen LogP contribution in [0.2, 0.25) is 0 Å². The fraction of sp³-hybridized carbons (Fsp3) is 0.353. The van der Waals surface area contributed by atoms with Gasteiger partial charge in [-0.3, -0.25) is 4.79 Å². The average Bonchev–Trinajstić information content (AvgIpc) is 2.43. The number of anilines is 2. The van der Waals surface area contributed by atoms with E-state index in [1.54, 1.807) is 6.20 Å². The van der Waals surface area contributed by atoms with Crippen LogP contribution < -0.4 is 10.6 Å². The van der Waals surface area contributed by atoms with Gasteiger partial charge in [0, 0.05) is 11.2 Å². The number of nitrogens with zero attached hydrogens (tertiary/aromatic N) is 2. The summed E-state index contributed by atoms with van der Waals surface area (Å²) in [6, 6.07) is 5.81. The number of benzene rings is 1. The SMILES string of the molecule is Cc1cccc(NC(=O)c2cnc(NC(C)(C)C)cn2)c1C. The van der Waals surface area contributed by atoms with Crippen molar-refractivity contribution in [3.05, 3.63) is 47.4 Å². The first kappa shape index (κ1) is 15.9. The number of rotatable bonds is 3. The summed E-state index contributed by atoms with van der Waals surface area (Å²) in [7, 11) is 0. The Labute approximate surface area is 131 Å². The second-order valence-electron chi connectivity index (χ2n) is 6.36. The van der Waals surface area contributed by atoms with Crippen molar-refractivity contribution in [3.8, 4) is 0 Å². The molecule has 2 aromatic rings. The molecular formula is C17H22N4O. The zero-order valence-electron chi connectivity index (χ0n) is 13.7. The highest BCUT2D eigenvalue weighted by Crippen LogP contribution is 2.18. The number of aromatic nitrogens is 2. The summed E-state index contributed by atoms with van der Waals surface area (Å²) >= 11 is 0. The van der Waals surface area contributed by atoms with Gasteiger partial charge in [0.05, 0.1) is 12.4 Å². The van der Waals surface area contributed by atoms with E-state index in [9.17, 15) is 4.79 Å². The van der Waals surface area contributed by atoms with E-state index in [1.165, 1.54) is 6.20 Å².